The van der Waals surface area contributed by atoms with E-state index in [2.05, 4.69) is 34.3 Å². The van der Waals surface area contributed by atoms with Gasteiger partial charge < -0.3 is 14.6 Å². The average molecular weight is 509 g/mol. The summed E-state index contributed by atoms with van der Waals surface area (Å²) in [7, 11) is 2.14. The molecule has 3 aliphatic rings. The number of nitrogens with one attached hydrogen (secondary N) is 1. The summed E-state index contributed by atoms with van der Waals surface area (Å²) in [6, 6.07) is 2.16. The molecule has 1 N–H and O–H groups in total. The first kappa shape index (κ1) is 23.5. The fourth-order valence-corrected chi connectivity index (χ4v) is 6.75. The quantitative estimate of drug-likeness (QED) is 0.497. The maximum atomic E-state index is 13.1. The number of hydrogen-bond donors (Lipinski definition) is 1. The van der Waals surface area contributed by atoms with Crippen LogP contribution in [0, 0.1) is 0 Å². The Bertz CT molecular complexity index is 1240. The van der Waals surface area contributed by atoms with Crippen molar-refractivity contribution in [3.05, 3.63) is 29.0 Å². The Labute approximate surface area is 214 Å². The van der Waals surface area contributed by atoms with Gasteiger partial charge in [-0.2, -0.15) is 4.98 Å². The highest BCUT2D eigenvalue weighted by atomic mass is 32.1. The van der Waals surface area contributed by atoms with Gasteiger partial charge in [-0.15, -0.1) is 11.3 Å². The van der Waals surface area contributed by atoms with Gasteiger partial charge in [0.15, 0.2) is 22.4 Å². The fourth-order valence-electron chi connectivity index (χ4n) is 6.22. The van der Waals surface area contributed by atoms with E-state index in [9.17, 15) is 4.79 Å². The van der Waals surface area contributed by atoms with Crippen molar-refractivity contribution in [2.45, 2.75) is 82.3 Å². The predicted molar refractivity (Wildman–Crippen MR) is 137 cm³/mol. The lowest BCUT2D eigenvalue weighted by Gasteiger charge is -2.36. The highest BCUT2D eigenvalue weighted by molar-refractivity contribution is 7.13. The summed E-state index contributed by atoms with van der Waals surface area (Å²) in [5.74, 6) is 2.55. The average Bonchev–Trinajstić information content (AvgIpc) is 3.62. The number of carbonyl (C=O) groups is 1. The summed E-state index contributed by atoms with van der Waals surface area (Å²) in [6.45, 7) is 3.17. The number of likely N-dealkylation sites (N-methyl/N-ethyl adjacent to an activating group) is 1. The van der Waals surface area contributed by atoms with Gasteiger partial charge in [-0.25, -0.2) is 9.97 Å². The van der Waals surface area contributed by atoms with Crippen LogP contribution in [0.25, 0.3) is 11.5 Å². The van der Waals surface area contributed by atoms with Gasteiger partial charge in [0.1, 0.15) is 17.7 Å². The van der Waals surface area contributed by atoms with Crippen molar-refractivity contribution in [2.75, 3.05) is 18.9 Å². The maximum absolute atomic E-state index is 13.1. The van der Waals surface area contributed by atoms with Gasteiger partial charge in [0.25, 0.3) is 0 Å². The van der Waals surface area contributed by atoms with Gasteiger partial charge in [0.2, 0.25) is 5.88 Å². The van der Waals surface area contributed by atoms with Crippen LogP contribution in [0.4, 0.5) is 10.9 Å². The molecular weight excluding hydrogens is 476 g/mol. The number of ketones is 1. The van der Waals surface area contributed by atoms with E-state index in [4.69, 9.17) is 19.2 Å². The first-order valence-corrected chi connectivity index (χ1v) is 13.9. The number of nitrogens with zero attached hydrogens (tertiary/aromatic N) is 5. The molecule has 0 bridgehead atoms. The lowest BCUT2D eigenvalue weighted by atomic mass is 9.64. The maximum Gasteiger partial charge on any atom is 0.219 e. The molecule has 1 saturated heterocycles. The lowest BCUT2D eigenvalue weighted by Crippen LogP contribution is -2.41. The summed E-state index contributed by atoms with van der Waals surface area (Å²) in [6.07, 6.45) is 10.0. The van der Waals surface area contributed by atoms with Crippen LogP contribution in [0.2, 0.25) is 0 Å². The molecule has 2 fully saturated rings. The van der Waals surface area contributed by atoms with Crippen molar-refractivity contribution >= 4 is 28.1 Å². The van der Waals surface area contributed by atoms with E-state index < -0.39 is 5.41 Å². The Balaban J connectivity index is 1.37. The van der Waals surface area contributed by atoms with Gasteiger partial charge in [-0.05, 0) is 65.5 Å². The molecule has 3 aromatic heterocycles. The summed E-state index contributed by atoms with van der Waals surface area (Å²) in [5.41, 5.74) is 1.05. The third kappa shape index (κ3) is 4.20. The molecule has 0 aromatic carbocycles. The second kappa shape index (κ2) is 9.55. The molecule has 1 saturated carbocycles. The second-order valence-electron chi connectivity index (χ2n) is 10.3. The van der Waals surface area contributed by atoms with E-state index in [1.54, 1.807) is 6.20 Å². The highest BCUT2D eigenvalue weighted by Crippen LogP contribution is 2.47. The number of hydrogen-bond acceptors (Lipinski definition) is 10. The van der Waals surface area contributed by atoms with Crippen LogP contribution in [0.15, 0.2) is 22.2 Å². The van der Waals surface area contributed by atoms with E-state index in [-0.39, 0.29) is 11.9 Å². The number of carbonyl (C=O) groups excluding carboxylic acids is 1. The Morgan fingerprint density at radius 3 is 2.89 bits per heavy atom. The largest absolute Gasteiger partial charge is 0.473 e. The van der Waals surface area contributed by atoms with Crippen LogP contribution in [-0.2, 0) is 16.6 Å². The van der Waals surface area contributed by atoms with Crippen molar-refractivity contribution in [2.24, 2.45) is 0 Å². The van der Waals surface area contributed by atoms with E-state index >= 15 is 0 Å². The van der Waals surface area contributed by atoms with Gasteiger partial charge in [-0.3, -0.25) is 9.69 Å². The monoisotopic (exact) mass is 508 g/mol. The van der Waals surface area contributed by atoms with Gasteiger partial charge >= 0.3 is 0 Å². The number of Topliss-reactive ketones (excluding diaryl/α,β-unsaturated/α-hetero) is 1. The topological polar surface area (TPSA) is 106 Å². The first-order valence-electron chi connectivity index (χ1n) is 13.0. The molecule has 9 nitrogen and oxygen atoms in total. The normalized spacial score (nSPS) is 25.2. The molecule has 4 heterocycles. The molecule has 3 atom stereocenters. The second-order valence-corrected chi connectivity index (χ2v) is 11.2. The van der Waals surface area contributed by atoms with Crippen molar-refractivity contribution in [3.63, 3.8) is 0 Å². The number of rotatable bonds is 6. The highest BCUT2D eigenvalue weighted by Gasteiger charge is 2.48. The van der Waals surface area contributed by atoms with Crippen molar-refractivity contribution in [3.8, 4) is 17.4 Å². The van der Waals surface area contributed by atoms with Crippen LogP contribution < -0.4 is 10.1 Å². The standard InChI is InChI=1S/C26H32N6O3S/c1-16(18-8-6-13-32(18)2)34-21-15-20(29-25-27-12-14-36-25)28-24(30-21)22-17-7-5-11-26(23(17)35-31-22)10-4-3-9-19(26)33/h12,14-16,18H,3-11,13H2,1-2H3,(H,27,28,29,30)/t16-,18-,26+/m0/s1. The Morgan fingerprint density at radius 1 is 1.22 bits per heavy atom. The summed E-state index contributed by atoms with van der Waals surface area (Å²) >= 11 is 1.50. The predicted octanol–water partition coefficient (Wildman–Crippen LogP) is 4.91. The molecule has 2 aliphatic carbocycles. The zero-order valence-corrected chi connectivity index (χ0v) is 21.6. The minimum absolute atomic E-state index is 0.0256. The van der Waals surface area contributed by atoms with Crippen molar-refractivity contribution in [1.82, 2.24) is 25.0 Å². The van der Waals surface area contributed by atoms with E-state index in [0.29, 0.717) is 35.7 Å². The molecule has 6 rings (SSSR count). The molecule has 0 unspecified atom stereocenters. The summed E-state index contributed by atoms with van der Waals surface area (Å²) in [4.78, 5) is 29.3. The van der Waals surface area contributed by atoms with Crippen LogP contribution in [0.5, 0.6) is 5.88 Å². The molecule has 0 amide bonds. The number of anilines is 2. The van der Waals surface area contributed by atoms with Crippen LogP contribution in [0.1, 0.15) is 69.6 Å². The zero-order chi connectivity index (χ0) is 24.7. The smallest absolute Gasteiger partial charge is 0.219 e. The van der Waals surface area contributed by atoms with Crippen LogP contribution in [-0.4, -0.2) is 56.5 Å². The number of aromatic nitrogens is 4. The molecule has 190 valence electrons. The molecule has 1 aliphatic heterocycles. The summed E-state index contributed by atoms with van der Waals surface area (Å²) < 4.78 is 12.3. The van der Waals surface area contributed by atoms with E-state index in [1.807, 2.05) is 11.4 Å². The Hall–Kier alpha value is -2.85. The lowest BCUT2D eigenvalue weighted by molar-refractivity contribution is -0.128. The SMILES string of the molecule is C[C@H](Oc1cc(Nc2nccs2)nc(-c2noc3c2CCC[C@@]32CCCCC2=O)n1)[C@@H]1CCCN1C. The molecule has 1 spiro atoms. The Morgan fingerprint density at radius 2 is 2.11 bits per heavy atom. The van der Waals surface area contributed by atoms with Crippen molar-refractivity contribution < 1.29 is 14.1 Å². The number of ether oxygens (including phenoxy) is 1. The molecule has 0 radical (unpaired) electrons. The zero-order valence-electron chi connectivity index (χ0n) is 20.8. The number of fused-ring (bicyclic) bond motifs is 2. The third-order valence-corrected chi connectivity index (χ3v) is 8.74. The van der Waals surface area contributed by atoms with Crippen LogP contribution >= 0.6 is 11.3 Å². The summed E-state index contributed by atoms with van der Waals surface area (Å²) in [5, 5.41) is 10.4. The van der Waals surface area contributed by atoms with Gasteiger partial charge in [0, 0.05) is 35.7 Å². The molecule has 3 aromatic rings. The minimum Gasteiger partial charge on any atom is -0.473 e. The molecule has 36 heavy (non-hydrogen) atoms. The van der Waals surface area contributed by atoms with Gasteiger partial charge in [-0.1, -0.05) is 11.6 Å². The third-order valence-electron chi connectivity index (χ3n) is 8.05. The van der Waals surface area contributed by atoms with Crippen LogP contribution in [0.3, 0.4) is 0 Å². The first-order chi connectivity index (χ1) is 17.5. The van der Waals surface area contributed by atoms with Gasteiger partial charge in [0.05, 0.1) is 5.41 Å². The number of likely N-dealkylation sites (tertiary alicyclic amines) is 1. The molecule has 10 heteroatoms. The Kier molecular flexibility index (Phi) is 6.25. The number of thiazole rings is 1. The van der Waals surface area contributed by atoms with E-state index in [1.165, 1.54) is 17.8 Å². The van der Waals surface area contributed by atoms with Crippen molar-refractivity contribution in [1.29, 1.82) is 0 Å². The minimum atomic E-state index is -0.533. The molecular formula is C26H32N6O3S. The van der Waals surface area contributed by atoms with E-state index in [0.717, 1.165) is 67.9 Å². The fraction of sp³-hybridized carbons (Fsp3) is 0.577.